The Labute approximate surface area is 229 Å². The highest BCUT2D eigenvalue weighted by atomic mass is 19.1. The Hall–Kier alpha value is -4.52. The first kappa shape index (κ1) is 25.7. The molecule has 0 spiro atoms. The number of fused-ring (bicyclic) bond motifs is 3. The van der Waals surface area contributed by atoms with Gasteiger partial charge in [-0.1, -0.05) is 25.8 Å². The molecule has 4 aromatic rings. The molecule has 1 saturated heterocycles. The van der Waals surface area contributed by atoms with Crippen LogP contribution in [-0.2, 0) is 4.79 Å². The zero-order chi connectivity index (χ0) is 28.1. The normalized spacial score (nSPS) is 16.3. The molecule has 6 rings (SSSR count). The molecule has 8 nitrogen and oxygen atoms in total. The molecule has 0 bridgehead atoms. The minimum absolute atomic E-state index is 0.00412. The van der Waals surface area contributed by atoms with E-state index in [1.807, 2.05) is 0 Å². The van der Waals surface area contributed by atoms with E-state index in [2.05, 4.69) is 25.8 Å². The third-order valence-electron chi connectivity index (χ3n) is 7.34. The van der Waals surface area contributed by atoms with Gasteiger partial charge in [0.1, 0.15) is 40.6 Å². The van der Waals surface area contributed by atoms with E-state index in [0.29, 0.717) is 23.2 Å². The van der Waals surface area contributed by atoms with Crippen molar-refractivity contribution >= 4 is 33.5 Å². The van der Waals surface area contributed by atoms with Crippen LogP contribution < -0.4 is 19.1 Å². The maximum Gasteiger partial charge on any atom is 0.318 e. The fraction of sp³-hybridized carbons (Fsp3) is 0.333. The van der Waals surface area contributed by atoms with Crippen LogP contribution in [0, 0.1) is 29.9 Å². The second kappa shape index (κ2) is 9.90. The first-order valence-corrected chi connectivity index (χ1v) is 13.1. The van der Waals surface area contributed by atoms with E-state index in [-0.39, 0.29) is 51.4 Å². The third kappa shape index (κ3) is 4.13. The van der Waals surface area contributed by atoms with Gasteiger partial charge in [0.15, 0.2) is 5.82 Å². The predicted molar refractivity (Wildman–Crippen MR) is 146 cm³/mol. The van der Waals surface area contributed by atoms with E-state index >= 15 is 4.39 Å². The number of hydrogen-bond acceptors (Lipinski definition) is 8. The summed E-state index contributed by atoms with van der Waals surface area (Å²) in [5, 5.41) is 1.03. The lowest BCUT2D eigenvalue weighted by molar-refractivity contribution is -0.137. The van der Waals surface area contributed by atoms with Crippen molar-refractivity contribution in [3.8, 4) is 41.2 Å². The highest BCUT2D eigenvalue weighted by Crippen LogP contribution is 2.44. The summed E-state index contributed by atoms with van der Waals surface area (Å²) in [6.07, 6.45) is 8.58. The van der Waals surface area contributed by atoms with E-state index in [4.69, 9.17) is 20.6 Å². The number of terminal acetylenes is 1. The maximum atomic E-state index is 16.6. The van der Waals surface area contributed by atoms with Gasteiger partial charge in [0.2, 0.25) is 5.88 Å². The van der Waals surface area contributed by atoms with Crippen LogP contribution in [0.4, 0.5) is 14.6 Å². The van der Waals surface area contributed by atoms with Crippen molar-refractivity contribution < 1.29 is 27.8 Å². The molecule has 40 heavy (non-hydrogen) atoms. The Kier molecular flexibility index (Phi) is 6.37. The lowest BCUT2D eigenvalue weighted by Crippen LogP contribution is -2.42. The number of anilines is 1. The van der Waals surface area contributed by atoms with Gasteiger partial charge in [0.05, 0.1) is 24.6 Å². The second-order valence-electron chi connectivity index (χ2n) is 10.2. The number of rotatable bonds is 4. The zero-order valence-corrected chi connectivity index (χ0v) is 22.3. The molecule has 10 heteroatoms. The Morgan fingerprint density at radius 1 is 1.18 bits per heavy atom. The first-order chi connectivity index (χ1) is 19.3. The minimum atomic E-state index is -0.791. The van der Waals surface area contributed by atoms with Crippen molar-refractivity contribution in [1.82, 2.24) is 15.0 Å². The van der Waals surface area contributed by atoms with Gasteiger partial charge in [0, 0.05) is 17.5 Å². The van der Waals surface area contributed by atoms with Crippen molar-refractivity contribution in [2.24, 2.45) is 5.92 Å². The summed E-state index contributed by atoms with van der Waals surface area (Å²) in [6.45, 7) is 4.45. The molecule has 0 radical (unpaired) electrons. The molecular weight excluding hydrogens is 518 g/mol. The third-order valence-corrected chi connectivity index (χ3v) is 7.34. The maximum absolute atomic E-state index is 16.6. The van der Waals surface area contributed by atoms with E-state index in [1.54, 1.807) is 19.9 Å². The summed E-state index contributed by atoms with van der Waals surface area (Å²) >= 11 is 0. The van der Waals surface area contributed by atoms with E-state index in [0.717, 1.165) is 25.8 Å². The summed E-state index contributed by atoms with van der Waals surface area (Å²) < 4.78 is 48.6. The van der Waals surface area contributed by atoms with Gasteiger partial charge < -0.3 is 19.1 Å². The van der Waals surface area contributed by atoms with Gasteiger partial charge >= 0.3 is 12.0 Å². The average Bonchev–Trinajstić information content (AvgIpc) is 3.11. The number of halogens is 2. The standard InChI is InChI=1S/C30H26F2N4O4/c1-5-19-21(31)10-9-16-12-18(40-29(37)15(2)3)13-20(22(16)19)25-24(32)26-23-27(35-30(34-26)38-4)36-11-7-6-8-17(36)14-39-28(23)33-25/h1,9-10,12-13,15,17H,6-8,11,14H2,2-4H3/t17-/m0/s1. The number of pyridine rings is 1. The molecule has 204 valence electrons. The SMILES string of the molecule is C#Cc1c(F)ccc2cc(OC(=O)C(C)C)cc(-c3nc4c5c(nc(OC)nc5c3F)N3CCCC[C@H]3CO4)c12. The minimum Gasteiger partial charge on any atom is -0.475 e. The summed E-state index contributed by atoms with van der Waals surface area (Å²) in [6, 6.07) is 5.73. The number of aromatic nitrogens is 3. The number of nitrogens with zero attached hydrogens (tertiary/aromatic N) is 4. The number of carbonyl (C=O) groups is 1. The number of ether oxygens (including phenoxy) is 3. The number of carbonyl (C=O) groups excluding carboxylic acids is 1. The van der Waals surface area contributed by atoms with Crippen LogP contribution >= 0.6 is 0 Å². The molecule has 2 aromatic heterocycles. The molecule has 0 aliphatic carbocycles. The number of methoxy groups -OCH3 is 1. The van der Waals surface area contributed by atoms with E-state index in [1.165, 1.54) is 25.3 Å². The lowest BCUT2D eigenvalue weighted by atomic mass is 9.95. The Morgan fingerprint density at radius 3 is 2.75 bits per heavy atom. The molecule has 1 fully saturated rings. The van der Waals surface area contributed by atoms with Crippen molar-refractivity contribution in [2.75, 3.05) is 25.2 Å². The quantitative estimate of drug-likeness (QED) is 0.191. The van der Waals surface area contributed by atoms with Gasteiger partial charge in [-0.15, -0.1) is 6.42 Å². The van der Waals surface area contributed by atoms with Crippen molar-refractivity contribution in [2.45, 2.75) is 39.2 Å². The number of benzene rings is 2. The van der Waals surface area contributed by atoms with Crippen LogP contribution in [0.2, 0.25) is 0 Å². The first-order valence-electron chi connectivity index (χ1n) is 13.1. The fourth-order valence-corrected chi connectivity index (χ4v) is 5.35. The molecule has 4 heterocycles. The molecule has 0 saturated carbocycles. The van der Waals surface area contributed by atoms with Crippen LogP contribution in [0.1, 0.15) is 38.7 Å². The lowest BCUT2D eigenvalue weighted by Gasteiger charge is -2.34. The summed E-state index contributed by atoms with van der Waals surface area (Å²) in [5.41, 5.74) is -0.162. The molecule has 1 atom stereocenters. The van der Waals surface area contributed by atoms with Crippen molar-refractivity contribution in [3.63, 3.8) is 0 Å². The molecule has 0 unspecified atom stereocenters. The van der Waals surface area contributed by atoms with E-state index < -0.39 is 23.5 Å². The van der Waals surface area contributed by atoms with Gasteiger partial charge in [-0.05, 0) is 42.8 Å². The van der Waals surface area contributed by atoms with Crippen LogP contribution in [0.15, 0.2) is 24.3 Å². The predicted octanol–water partition coefficient (Wildman–Crippen LogP) is 5.43. The molecule has 2 aliphatic heterocycles. The Bertz CT molecular complexity index is 1730. The smallest absolute Gasteiger partial charge is 0.318 e. The number of esters is 1. The number of hydrogen-bond donors (Lipinski definition) is 0. The topological polar surface area (TPSA) is 86.7 Å². The Morgan fingerprint density at radius 2 is 2.00 bits per heavy atom. The fourth-order valence-electron chi connectivity index (χ4n) is 5.35. The van der Waals surface area contributed by atoms with Gasteiger partial charge in [-0.2, -0.15) is 9.97 Å². The molecular formula is C30H26F2N4O4. The average molecular weight is 545 g/mol. The van der Waals surface area contributed by atoms with Gasteiger partial charge in [0.25, 0.3) is 0 Å². The van der Waals surface area contributed by atoms with Crippen LogP contribution in [0.25, 0.3) is 32.9 Å². The van der Waals surface area contributed by atoms with E-state index in [9.17, 15) is 9.18 Å². The Balaban J connectivity index is 1.67. The second-order valence-corrected chi connectivity index (χ2v) is 10.2. The molecule has 2 aromatic carbocycles. The van der Waals surface area contributed by atoms with Crippen LogP contribution in [0.5, 0.6) is 17.6 Å². The monoisotopic (exact) mass is 544 g/mol. The van der Waals surface area contributed by atoms with Gasteiger partial charge in [-0.25, -0.2) is 13.8 Å². The highest BCUT2D eigenvalue weighted by molar-refractivity contribution is 6.04. The molecule has 0 amide bonds. The summed E-state index contributed by atoms with van der Waals surface area (Å²) in [7, 11) is 1.41. The molecule has 2 aliphatic rings. The largest absolute Gasteiger partial charge is 0.475 e. The van der Waals surface area contributed by atoms with Crippen LogP contribution in [-0.4, -0.2) is 47.2 Å². The highest BCUT2D eigenvalue weighted by Gasteiger charge is 2.34. The van der Waals surface area contributed by atoms with Crippen molar-refractivity contribution in [3.05, 3.63) is 41.5 Å². The van der Waals surface area contributed by atoms with Gasteiger partial charge in [-0.3, -0.25) is 4.79 Å². The molecule has 0 N–H and O–H groups in total. The zero-order valence-electron chi connectivity index (χ0n) is 22.3. The van der Waals surface area contributed by atoms with Crippen molar-refractivity contribution in [1.29, 1.82) is 0 Å². The summed E-state index contributed by atoms with van der Waals surface area (Å²) in [5.74, 6) is 0.830. The van der Waals surface area contributed by atoms with Crippen LogP contribution in [0.3, 0.4) is 0 Å². The summed E-state index contributed by atoms with van der Waals surface area (Å²) in [4.78, 5) is 28.0. The number of piperidine rings is 1.